The zero-order valence-electron chi connectivity index (χ0n) is 18.6. The van der Waals surface area contributed by atoms with E-state index in [-0.39, 0.29) is 5.41 Å². The van der Waals surface area contributed by atoms with E-state index in [2.05, 4.69) is 19.6 Å². The van der Waals surface area contributed by atoms with Crippen molar-refractivity contribution in [3.05, 3.63) is 71.8 Å². The van der Waals surface area contributed by atoms with E-state index in [1.54, 1.807) is 25.4 Å². The third-order valence-electron chi connectivity index (χ3n) is 6.08. The Kier molecular flexibility index (Phi) is 6.55. The van der Waals surface area contributed by atoms with Crippen LogP contribution in [0.15, 0.2) is 60.7 Å². The fraction of sp³-hybridized carbons (Fsp3) is 0.308. The largest absolute Gasteiger partial charge is 0.478 e. The number of carbonyl (C=O) groups is 2. The summed E-state index contributed by atoms with van der Waals surface area (Å²) in [5.74, 6) is -1.00. The van der Waals surface area contributed by atoms with Gasteiger partial charge in [0, 0.05) is 17.1 Å². The fourth-order valence-corrected chi connectivity index (χ4v) is 4.16. The van der Waals surface area contributed by atoms with Crippen LogP contribution in [0.5, 0.6) is 5.75 Å². The van der Waals surface area contributed by atoms with Crippen molar-refractivity contribution in [3.8, 4) is 16.9 Å². The highest BCUT2D eigenvalue weighted by molar-refractivity contribution is 5.85. The first kappa shape index (κ1) is 23.3. The van der Waals surface area contributed by atoms with E-state index in [0.29, 0.717) is 5.75 Å². The molecule has 3 rings (SSSR count). The van der Waals surface area contributed by atoms with E-state index in [0.717, 1.165) is 47.6 Å². The molecule has 0 aromatic heterocycles. The zero-order valence-corrected chi connectivity index (χ0v) is 18.6. The summed E-state index contributed by atoms with van der Waals surface area (Å²) in [6.07, 6.45) is 5.27. The standard InChI is InChI=1S/C26H29NO5/c1-5-26(15-17(2)16-26)21-14-20(11-12-22(21)32-25(3,4)24(30)27-31)19-9-6-18(7-10-19)8-13-23(28)29/h6-14,31H,2,5,15-16H2,1,3-4H3,(H,27,30)(H,28,29)/b13-8+. The molecule has 1 fully saturated rings. The Morgan fingerprint density at radius 3 is 2.31 bits per heavy atom. The SMILES string of the molecule is C=C1CC(CC)(c2cc(-c3ccc(/C=C/C(=O)O)cc3)ccc2OC(C)(C)C(=O)NO)C1. The summed E-state index contributed by atoms with van der Waals surface area (Å²) in [6, 6.07) is 13.5. The molecular weight excluding hydrogens is 406 g/mol. The topological polar surface area (TPSA) is 95.9 Å². The number of benzene rings is 2. The van der Waals surface area contributed by atoms with Gasteiger partial charge in [-0.25, -0.2) is 10.3 Å². The zero-order chi connectivity index (χ0) is 23.5. The quantitative estimate of drug-likeness (QED) is 0.232. The number of aliphatic carboxylic acids is 1. The molecule has 0 radical (unpaired) electrons. The molecule has 1 saturated carbocycles. The van der Waals surface area contributed by atoms with Crippen LogP contribution < -0.4 is 10.2 Å². The number of hydroxylamine groups is 1. The number of allylic oxidation sites excluding steroid dienone is 1. The smallest absolute Gasteiger partial charge is 0.328 e. The number of hydrogen-bond acceptors (Lipinski definition) is 4. The van der Waals surface area contributed by atoms with Crippen molar-refractivity contribution in [1.29, 1.82) is 0 Å². The van der Waals surface area contributed by atoms with Gasteiger partial charge in [0.2, 0.25) is 0 Å². The number of carbonyl (C=O) groups excluding carboxylic acids is 1. The molecule has 0 aliphatic heterocycles. The third kappa shape index (κ3) is 4.75. The second-order valence-electron chi connectivity index (χ2n) is 8.80. The van der Waals surface area contributed by atoms with E-state index < -0.39 is 17.5 Å². The summed E-state index contributed by atoms with van der Waals surface area (Å²) >= 11 is 0. The van der Waals surface area contributed by atoms with Crippen LogP contribution in [0.25, 0.3) is 17.2 Å². The first-order valence-electron chi connectivity index (χ1n) is 10.6. The summed E-state index contributed by atoms with van der Waals surface area (Å²) in [5, 5.41) is 17.9. The van der Waals surface area contributed by atoms with Crippen molar-refractivity contribution < 1.29 is 24.6 Å². The molecule has 3 N–H and O–H groups in total. The molecule has 0 spiro atoms. The molecule has 168 valence electrons. The lowest BCUT2D eigenvalue weighted by Crippen LogP contribution is -2.46. The monoisotopic (exact) mass is 435 g/mol. The minimum atomic E-state index is -1.25. The summed E-state index contributed by atoms with van der Waals surface area (Å²) in [5.41, 5.74) is 5.29. The van der Waals surface area contributed by atoms with E-state index in [1.807, 2.05) is 36.4 Å². The van der Waals surface area contributed by atoms with Crippen molar-refractivity contribution in [2.75, 3.05) is 0 Å². The van der Waals surface area contributed by atoms with E-state index in [1.165, 1.54) is 5.57 Å². The maximum atomic E-state index is 12.1. The maximum absolute atomic E-state index is 12.1. The molecule has 0 saturated heterocycles. The average molecular weight is 436 g/mol. The molecule has 6 heteroatoms. The van der Waals surface area contributed by atoms with E-state index in [4.69, 9.17) is 15.1 Å². The summed E-state index contributed by atoms with van der Waals surface area (Å²) < 4.78 is 6.10. The van der Waals surface area contributed by atoms with Gasteiger partial charge in [0.25, 0.3) is 5.91 Å². The molecule has 0 unspecified atom stereocenters. The Morgan fingerprint density at radius 2 is 1.78 bits per heavy atom. The van der Waals surface area contributed by atoms with Crippen molar-refractivity contribution in [2.24, 2.45) is 0 Å². The van der Waals surface area contributed by atoms with Crippen LogP contribution in [0.4, 0.5) is 0 Å². The predicted molar refractivity (Wildman–Crippen MR) is 124 cm³/mol. The molecule has 0 atom stereocenters. The van der Waals surface area contributed by atoms with Gasteiger partial charge in [-0.1, -0.05) is 49.4 Å². The van der Waals surface area contributed by atoms with E-state index >= 15 is 0 Å². The second kappa shape index (κ2) is 9.01. The normalized spacial score (nSPS) is 15.3. The number of rotatable bonds is 8. The lowest BCUT2D eigenvalue weighted by Gasteiger charge is -2.45. The predicted octanol–water partition coefficient (Wildman–Crippen LogP) is 5.11. The Hall–Kier alpha value is -3.38. The highest BCUT2D eigenvalue weighted by atomic mass is 16.5. The summed E-state index contributed by atoms with van der Waals surface area (Å²) in [6.45, 7) is 9.46. The Labute approximate surface area is 188 Å². The number of amides is 1. The van der Waals surface area contributed by atoms with Crippen LogP contribution in [-0.4, -0.2) is 27.8 Å². The number of nitrogens with one attached hydrogen (secondary N) is 1. The van der Waals surface area contributed by atoms with Gasteiger partial charge in [-0.05, 0) is 68.0 Å². The maximum Gasteiger partial charge on any atom is 0.328 e. The van der Waals surface area contributed by atoms with Crippen LogP contribution >= 0.6 is 0 Å². The average Bonchev–Trinajstić information content (AvgIpc) is 2.75. The molecule has 1 amide bonds. The minimum Gasteiger partial charge on any atom is -0.478 e. The van der Waals surface area contributed by atoms with Gasteiger partial charge in [0.1, 0.15) is 5.75 Å². The summed E-state index contributed by atoms with van der Waals surface area (Å²) in [4.78, 5) is 22.8. The number of ether oxygens (including phenoxy) is 1. The molecular formula is C26H29NO5. The molecule has 0 heterocycles. The van der Waals surface area contributed by atoms with Crippen molar-refractivity contribution in [2.45, 2.75) is 51.0 Å². The number of carboxylic acids is 1. The van der Waals surface area contributed by atoms with Crippen LogP contribution in [0, 0.1) is 0 Å². The van der Waals surface area contributed by atoms with Gasteiger partial charge in [-0.15, -0.1) is 0 Å². The van der Waals surface area contributed by atoms with Crippen LogP contribution in [0.1, 0.15) is 51.2 Å². The summed E-state index contributed by atoms with van der Waals surface area (Å²) in [7, 11) is 0. The van der Waals surface area contributed by atoms with Gasteiger partial charge < -0.3 is 9.84 Å². The highest BCUT2D eigenvalue weighted by Crippen LogP contribution is 2.53. The van der Waals surface area contributed by atoms with Crippen LogP contribution in [0.2, 0.25) is 0 Å². The fourth-order valence-electron chi connectivity index (χ4n) is 4.16. The Bertz CT molecular complexity index is 1060. The first-order valence-corrected chi connectivity index (χ1v) is 10.6. The lowest BCUT2D eigenvalue weighted by atomic mass is 9.60. The van der Waals surface area contributed by atoms with Gasteiger partial charge in [-0.2, -0.15) is 0 Å². The number of carboxylic acid groups (broad SMARTS) is 1. The molecule has 0 bridgehead atoms. The minimum absolute atomic E-state index is 0.113. The van der Waals surface area contributed by atoms with Gasteiger partial charge in [0.05, 0.1) is 0 Å². The van der Waals surface area contributed by atoms with E-state index in [9.17, 15) is 9.59 Å². The third-order valence-corrected chi connectivity index (χ3v) is 6.08. The van der Waals surface area contributed by atoms with Crippen LogP contribution in [-0.2, 0) is 15.0 Å². The molecule has 2 aromatic carbocycles. The Balaban J connectivity index is 2.01. The van der Waals surface area contributed by atoms with Crippen molar-refractivity contribution >= 4 is 18.0 Å². The van der Waals surface area contributed by atoms with Gasteiger partial charge >= 0.3 is 5.97 Å². The molecule has 1 aliphatic rings. The first-order chi connectivity index (χ1) is 15.1. The number of hydrogen-bond donors (Lipinski definition) is 3. The Morgan fingerprint density at radius 1 is 1.16 bits per heavy atom. The second-order valence-corrected chi connectivity index (χ2v) is 8.80. The van der Waals surface area contributed by atoms with Gasteiger partial charge in [-0.3, -0.25) is 10.0 Å². The molecule has 6 nitrogen and oxygen atoms in total. The van der Waals surface area contributed by atoms with Crippen molar-refractivity contribution in [3.63, 3.8) is 0 Å². The van der Waals surface area contributed by atoms with Crippen molar-refractivity contribution in [1.82, 2.24) is 5.48 Å². The molecule has 32 heavy (non-hydrogen) atoms. The lowest BCUT2D eigenvalue weighted by molar-refractivity contribution is -0.143. The van der Waals surface area contributed by atoms with Crippen LogP contribution in [0.3, 0.4) is 0 Å². The molecule has 1 aliphatic carbocycles. The molecule has 2 aromatic rings. The highest BCUT2D eigenvalue weighted by Gasteiger charge is 2.43. The van der Waals surface area contributed by atoms with Gasteiger partial charge in [0.15, 0.2) is 5.60 Å².